The molecule has 0 fully saturated rings. The molecule has 0 aliphatic carbocycles. The van der Waals surface area contributed by atoms with Crippen LogP contribution < -0.4 is 5.32 Å². The van der Waals surface area contributed by atoms with E-state index in [1.165, 1.54) is 0 Å². The van der Waals surface area contributed by atoms with E-state index in [1.807, 2.05) is 13.1 Å². The summed E-state index contributed by atoms with van der Waals surface area (Å²) >= 11 is 0. The van der Waals surface area contributed by atoms with Crippen LogP contribution in [0.3, 0.4) is 0 Å². The number of carbonyl (C=O) groups is 2. The zero-order valence-electron chi connectivity index (χ0n) is 19.0. The fourth-order valence-corrected chi connectivity index (χ4v) is 3.13. The van der Waals surface area contributed by atoms with Crippen molar-refractivity contribution in [3.63, 3.8) is 0 Å². The molecule has 1 heterocycles. The number of unbranched alkanes of at least 4 members (excludes halogenated alkanes) is 2. The van der Waals surface area contributed by atoms with Crippen LogP contribution in [0.4, 0.5) is 5.82 Å². The van der Waals surface area contributed by atoms with Gasteiger partial charge in [-0.1, -0.05) is 60.8 Å². The fourth-order valence-electron chi connectivity index (χ4n) is 3.13. The summed E-state index contributed by atoms with van der Waals surface area (Å²) in [5.74, 6) is 0.614. The SMILES string of the molecule is CCCCC(CC)C(=O)N(CCCC)CC(=O)Nc1cc(C(C)(C)C)nn1C. The Labute approximate surface area is 171 Å². The van der Waals surface area contributed by atoms with Crippen molar-refractivity contribution >= 4 is 17.6 Å². The number of nitrogens with one attached hydrogen (secondary N) is 1. The molecule has 0 saturated carbocycles. The first-order valence-electron chi connectivity index (χ1n) is 10.8. The lowest BCUT2D eigenvalue weighted by Crippen LogP contribution is -2.42. The molecule has 1 aromatic rings. The van der Waals surface area contributed by atoms with Gasteiger partial charge in [0.05, 0.1) is 12.2 Å². The molecule has 1 aromatic heterocycles. The number of aryl methyl sites for hydroxylation is 1. The second-order valence-electron chi connectivity index (χ2n) is 8.70. The van der Waals surface area contributed by atoms with E-state index < -0.39 is 0 Å². The molecule has 0 radical (unpaired) electrons. The normalized spacial score (nSPS) is 12.7. The summed E-state index contributed by atoms with van der Waals surface area (Å²) in [4.78, 5) is 27.4. The van der Waals surface area contributed by atoms with Crippen LogP contribution in [0.15, 0.2) is 6.07 Å². The number of nitrogens with zero attached hydrogens (tertiary/aromatic N) is 3. The molecule has 1 atom stereocenters. The molecule has 6 heteroatoms. The van der Waals surface area contributed by atoms with E-state index in [2.05, 4.69) is 52.0 Å². The molecule has 160 valence electrons. The highest BCUT2D eigenvalue weighted by molar-refractivity contribution is 5.94. The molecule has 1 N–H and O–H groups in total. The minimum absolute atomic E-state index is 0.00815. The van der Waals surface area contributed by atoms with Crippen molar-refractivity contribution < 1.29 is 9.59 Å². The van der Waals surface area contributed by atoms with E-state index in [-0.39, 0.29) is 29.7 Å². The maximum Gasteiger partial charge on any atom is 0.245 e. The third-order valence-electron chi connectivity index (χ3n) is 5.09. The molecular formula is C22H40N4O2. The second kappa shape index (κ2) is 11.2. The van der Waals surface area contributed by atoms with Crippen molar-refractivity contribution in [2.24, 2.45) is 13.0 Å². The lowest BCUT2D eigenvalue weighted by Gasteiger charge is -2.26. The van der Waals surface area contributed by atoms with E-state index in [9.17, 15) is 9.59 Å². The van der Waals surface area contributed by atoms with E-state index in [4.69, 9.17) is 0 Å². The summed E-state index contributed by atoms with van der Waals surface area (Å²) in [6.07, 6.45) is 5.74. The third-order valence-corrected chi connectivity index (χ3v) is 5.09. The number of aromatic nitrogens is 2. The van der Waals surface area contributed by atoms with Crippen LogP contribution in [-0.2, 0) is 22.1 Å². The number of amides is 2. The lowest BCUT2D eigenvalue weighted by molar-refractivity contribution is -0.138. The van der Waals surface area contributed by atoms with E-state index in [1.54, 1.807) is 9.58 Å². The predicted octanol–water partition coefficient (Wildman–Crippen LogP) is 4.50. The highest BCUT2D eigenvalue weighted by Crippen LogP contribution is 2.23. The number of rotatable bonds is 11. The van der Waals surface area contributed by atoms with Gasteiger partial charge in [0.2, 0.25) is 11.8 Å². The van der Waals surface area contributed by atoms with Gasteiger partial charge in [0, 0.05) is 31.0 Å². The molecule has 0 aliphatic rings. The van der Waals surface area contributed by atoms with Gasteiger partial charge in [-0.3, -0.25) is 14.3 Å². The van der Waals surface area contributed by atoms with E-state index in [0.717, 1.165) is 44.2 Å². The molecule has 6 nitrogen and oxygen atoms in total. The van der Waals surface area contributed by atoms with Crippen molar-refractivity contribution in [2.75, 3.05) is 18.4 Å². The minimum Gasteiger partial charge on any atom is -0.333 e. The van der Waals surface area contributed by atoms with E-state index in [0.29, 0.717) is 12.4 Å². The summed E-state index contributed by atoms with van der Waals surface area (Å²) in [6.45, 7) is 13.3. The van der Waals surface area contributed by atoms with Gasteiger partial charge in [-0.2, -0.15) is 5.10 Å². The van der Waals surface area contributed by atoms with E-state index >= 15 is 0 Å². The average Bonchev–Trinajstić information content (AvgIpc) is 2.99. The van der Waals surface area contributed by atoms with Crippen molar-refractivity contribution in [3.05, 3.63) is 11.8 Å². The Hall–Kier alpha value is -1.85. The molecule has 2 amide bonds. The number of carbonyl (C=O) groups excluding carboxylic acids is 2. The third kappa shape index (κ3) is 7.28. The van der Waals surface area contributed by atoms with Crippen molar-refractivity contribution in [1.29, 1.82) is 0 Å². The Morgan fingerprint density at radius 3 is 2.32 bits per heavy atom. The molecule has 1 rings (SSSR count). The zero-order chi connectivity index (χ0) is 21.3. The Kier molecular flexibility index (Phi) is 9.70. The molecule has 1 unspecified atom stereocenters. The Balaban J connectivity index is 2.84. The monoisotopic (exact) mass is 392 g/mol. The average molecular weight is 393 g/mol. The summed E-state index contributed by atoms with van der Waals surface area (Å²) in [7, 11) is 1.82. The van der Waals surface area contributed by atoms with Crippen LogP contribution in [0.1, 0.15) is 85.8 Å². The molecule has 28 heavy (non-hydrogen) atoms. The standard InChI is InChI=1S/C22H40N4O2/c1-8-11-13-17(10-3)21(28)26(14-12-9-2)16-20(27)23-19-15-18(22(4,5)6)24-25(19)7/h15,17H,8-14,16H2,1-7H3,(H,23,27). The van der Waals surface area contributed by atoms with Crippen LogP contribution in [-0.4, -0.2) is 39.6 Å². The highest BCUT2D eigenvalue weighted by Gasteiger charge is 2.25. The largest absolute Gasteiger partial charge is 0.333 e. The first-order valence-corrected chi connectivity index (χ1v) is 10.8. The Morgan fingerprint density at radius 2 is 1.82 bits per heavy atom. The van der Waals surface area contributed by atoms with Crippen LogP contribution >= 0.6 is 0 Å². The van der Waals surface area contributed by atoms with Gasteiger partial charge in [-0.15, -0.1) is 0 Å². The molecule has 0 saturated heterocycles. The fraction of sp³-hybridized carbons (Fsp3) is 0.773. The first kappa shape index (κ1) is 24.2. The van der Waals surface area contributed by atoms with Gasteiger partial charge in [0.1, 0.15) is 5.82 Å². The second-order valence-corrected chi connectivity index (χ2v) is 8.70. The van der Waals surface area contributed by atoms with Gasteiger partial charge in [-0.25, -0.2) is 0 Å². The zero-order valence-corrected chi connectivity index (χ0v) is 19.0. The lowest BCUT2D eigenvalue weighted by atomic mass is 9.92. The summed E-state index contributed by atoms with van der Waals surface area (Å²) in [5.41, 5.74) is 0.840. The smallest absolute Gasteiger partial charge is 0.245 e. The first-order chi connectivity index (χ1) is 13.1. The van der Waals surface area contributed by atoms with Gasteiger partial charge < -0.3 is 10.2 Å². The Bertz CT molecular complexity index is 631. The summed E-state index contributed by atoms with van der Waals surface area (Å²) in [6, 6.07) is 1.91. The highest BCUT2D eigenvalue weighted by atomic mass is 16.2. The minimum atomic E-state index is -0.168. The summed E-state index contributed by atoms with van der Waals surface area (Å²) in [5, 5.41) is 7.43. The van der Waals surface area contributed by atoms with Crippen molar-refractivity contribution in [3.8, 4) is 0 Å². The molecule has 0 bridgehead atoms. The molecule has 0 aliphatic heterocycles. The number of anilines is 1. The molecule has 0 aromatic carbocycles. The molecule has 0 spiro atoms. The van der Waals surface area contributed by atoms with Gasteiger partial charge in [-0.05, 0) is 19.3 Å². The molecular weight excluding hydrogens is 352 g/mol. The van der Waals surface area contributed by atoms with Crippen LogP contribution in [0.2, 0.25) is 0 Å². The van der Waals surface area contributed by atoms with Gasteiger partial charge >= 0.3 is 0 Å². The topological polar surface area (TPSA) is 67.2 Å². The van der Waals surface area contributed by atoms with Crippen LogP contribution in [0, 0.1) is 5.92 Å². The van der Waals surface area contributed by atoms with Crippen molar-refractivity contribution in [2.45, 2.75) is 85.5 Å². The number of hydrogen-bond donors (Lipinski definition) is 1. The van der Waals surface area contributed by atoms with Crippen LogP contribution in [0.5, 0.6) is 0 Å². The Morgan fingerprint density at radius 1 is 1.18 bits per heavy atom. The van der Waals surface area contributed by atoms with Crippen LogP contribution in [0.25, 0.3) is 0 Å². The quantitative estimate of drug-likeness (QED) is 0.603. The van der Waals surface area contributed by atoms with Gasteiger partial charge in [0.15, 0.2) is 0 Å². The summed E-state index contributed by atoms with van der Waals surface area (Å²) < 4.78 is 1.69. The van der Waals surface area contributed by atoms with Crippen molar-refractivity contribution in [1.82, 2.24) is 14.7 Å². The maximum atomic E-state index is 13.0. The maximum absolute atomic E-state index is 13.0. The number of hydrogen-bond acceptors (Lipinski definition) is 3. The predicted molar refractivity (Wildman–Crippen MR) is 115 cm³/mol. The van der Waals surface area contributed by atoms with Gasteiger partial charge in [0.25, 0.3) is 0 Å².